The first kappa shape index (κ1) is 23.9. The van der Waals surface area contributed by atoms with Crippen LogP contribution in [0.1, 0.15) is 27.9 Å². The molecule has 2 amide bonds. The van der Waals surface area contributed by atoms with Crippen LogP contribution in [0.3, 0.4) is 0 Å². The minimum absolute atomic E-state index is 0.141. The molecule has 8 nitrogen and oxygen atoms in total. The van der Waals surface area contributed by atoms with Crippen molar-refractivity contribution in [1.29, 1.82) is 0 Å². The Labute approximate surface area is 214 Å². The first-order valence-electron chi connectivity index (χ1n) is 12.1. The molecule has 3 aromatic heterocycles. The SMILES string of the molecule is O=C(CCNC(=O)c1cc(-c2ccccc2)nc2c1cnn2Cc1ccccc1)NCc1ccncc1. The molecule has 0 radical (unpaired) electrons. The standard InChI is InChI=1S/C29H26N6O2/c36-27(32-18-21-11-14-30-15-12-21)13-16-31-29(37)24-17-26(23-9-5-2-6-10-23)34-28-25(24)19-33-35(28)20-22-7-3-1-4-8-22/h1-12,14-15,17,19H,13,16,18,20H2,(H,31,37)(H,32,36). The lowest BCUT2D eigenvalue weighted by atomic mass is 10.1. The summed E-state index contributed by atoms with van der Waals surface area (Å²) in [6, 6.07) is 25.2. The molecule has 0 atom stereocenters. The highest BCUT2D eigenvalue weighted by Crippen LogP contribution is 2.25. The molecule has 2 N–H and O–H groups in total. The van der Waals surface area contributed by atoms with Crippen molar-refractivity contribution in [3.8, 4) is 11.3 Å². The predicted octanol–water partition coefficient (Wildman–Crippen LogP) is 3.98. The molecule has 0 saturated carbocycles. The van der Waals surface area contributed by atoms with Crippen LogP contribution in [-0.4, -0.2) is 38.1 Å². The first-order chi connectivity index (χ1) is 18.2. The van der Waals surface area contributed by atoms with Gasteiger partial charge in [-0.25, -0.2) is 9.67 Å². The molecule has 5 aromatic rings. The second-order valence-electron chi connectivity index (χ2n) is 8.58. The number of amides is 2. The molecule has 8 heteroatoms. The zero-order chi connectivity index (χ0) is 25.5. The minimum Gasteiger partial charge on any atom is -0.352 e. The van der Waals surface area contributed by atoms with Gasteiger partial charge in [0, 0.05) is 37.5 Å². The van der Waals surface area contributed by atoms with Gasteiger partial charge in [0.05, 0.1) is 29.4 Å². The molecule has 5 rings (SSSR count). The number of nitrogens with zero attached hydrogens (tertiary/aromatic N) is 4. The van der Waals surface area contributed by atoms with Crippen molar-refractivity contribution in [2.45, 2.75) is 19.5 Å². The second-order valence-corrected chi connectivity index (χ2v) is 8.58. The fourth-order valence-corrected chi connectivity index (χ4v) is 4.04. The minimum atomic E-state index is -0.272. The van der Waals surface area contributed by atoms with Crippen LogP contribution in [0.4, 0.5) is 0 Å². The van der Waals surface area contributed by atoms with Crippen molar-refractivity contribution < 1.29 is 9.59 Å². The van der Waals surface area contributed by atoms with Crippen molar-refractivity contribution in [3.63, 3.8) is 0 Å². The molecule has 184 valence electrons. The van der Waals surface area contributed by atoms with Crippen LogP contribution >= 0.6 is 0 Å². The van der Waals surface area contributed by atoms with Crippen LogP contribution in [0.2, 0.25) is 0 Å². The van der Waals surface area contributed by atoms with E-state index in [4.69, 9.17) is 4.98 Å². The van der Waals surface area contributed by atoms with Gasteiger partial charge in [-0.2, -0.15) is 5.10 Å². The molecule has 2 aromatic carbocycles. The van der Waals surface area contributed by atoms with E-state index >= 15 is 0 Å². The highest BCUT2D eigenvalue weighted by atomic mass is 16.2. The van der Waals surface area contributed by atoms with Gasteiger partial charge >= 0.3 is 0 Å². The Morgan fingerprint density at radius 1 is 0.838 bits per heavy atom. The second kappa shape index (κ2) is 11.3. The summed E-state index contributed by atoms with van der Waals surface area (Å²) in [5.41, 5.74) is 4.74. The van der Waals surface area contributed by atoms with Crippen molar-refractivity contribution in [2.75, 3.05) is 6.54 Å². The number of fused-ring (bicyclic) bond motifs is 1. The van der Waals surface area contributed by atoms with Crippen LogP contribution in [-0.2, 0) is 17.9 Å². The maximum Gasteiger partial charge on any atom is 0.252 e. The molecule has 0 spiro atoms. The largest absolute Gasteiger partial charge is 0.352 e. The van der Waals surface area contributed by atoms with E-state index in [0.717, 1.165) is 16.7 Å². The lowest BCUT2D eigenvalue weighted by Crippen LogP contribution is -2.30. The van der Waals surface area contributed by atoms with Gasteiger partial charge in [-0.15, -0.1) is 0 Å². The summed E-state index contributed by atoms with van der Waals surface area (Å²) in [6.07, 6.45) is 5.21. The Morgan fingerprint density at radius 2 is 1.57 bits per heavy atom. The van der Waals surface area contributed by atoms with Crippen molar-refractivity contribution in [1.82, 2.24) is 30.4 Å². The fraction of sp³-hybridized carbons (Fsp3) is 0.138. The third-order valence-corrected chi connectivity index (χ3v) is 5.98. The number of pyridine rings is 2. The Balaban J connectivity index is 1.34. The third kappa shape index (κ3) is 5.87. The summed E-state index contributed by atoms with van der Waals surface area (Å²) in [5, 5.41) is 10.9. The Morgan fingerprint density at radius 3 is 2.32 bits per heavy atom. The molecule has 0 aliphatic heterocycles. The van der Waals surface area contributed by atoms with E-state index in [-0.39, 0.29) is 24.8 Å². The summed E-state index contributed by atoms with van der Waals surface area (Å²) in [7, 11) is 0. The molecule has 3 heterocycles. The lowest BCUT2D eigenvalue weighted by Gasteiger charge is -2.10. The van der Waals surface area contributed by atoms with Gasteiger partial charge in [0.25, 0.3) is 5.91 Å². The Kier molecular flexibility index (Phi) is 7.26. The van der Waals surface area contributed by atoms with E-state index in [0.29, 0.717) is 35.4 Å². The molecular formula is C29H26N6O2. The number of rotatable bonds is 9. The van der Waals surface area contributed by atoms with Crippen LogP contribution in [0, 0.1) is 0 Å². The van der Waals surface area contributed by atoms with Gasteiger partial charge in [0.1, 0.15) is 0 Å². The zero-order valence-electron chi connectivity index (χ0n) is 20.2. The molecule has 0 unspecified atom stereocenters. The quantitative estimate of drug-likeness (QED) is 0.325. The zero-order valence-corrected chi connectivity index (χ0v) is 20.2. The van der Waals surface area contributed by atoms with Gasteiger partial charge in [0.15, 0.2) is 5.65 Å². The normalized spacial score (nSPS) is 10.8. The third-order valence-electron chi connectivity index (χ3n) is 5.98. The van der Waals surface area contributed by atoms with Crippen LogP contribution in [0.15, 0.2) is 97.5 Å². The van der Waals surface area contributed by atoms with Gasteiger partial charge in [-0.1, -0.05) is 60.7 Å². The molecule has 0 bridgehead atoms. The summed E-state index contributed by atoms with van der Waals surface area (Å²) in [4.78, 5) is 34.3. The highest BCUT2D eigenvalue weighted by molar-refractivity contribution is 6.06. The van der Waals surface area contributed by atoms with Crippen LogP contribution in [0.5, 0.6) is 0 Å². The Bertz CT molecular complexity index is 1500. The van der Waals surface area contributed by atoms with Crippen LogP contribution < -0.4 is 10.6 Å². The molecule has 0 fully saturated rings. The summed E-state index contributed by atoms with van der Waals surface area (Å²) in [6.45, 7) is 1.17. The number of benzene rings is 2. The molecule has 0 aliphatic rings. The van der Waals surface area contributed by atoms with Gasteiger partial charge in [0.2, 0.25) is 5.91 Å². The smallest absolute Gasteiger partial charge is 0.252 e. The maximum absolute atomic E-state index is 13.3. The van der Waals surface area contributed by atoms with Gasteiger partial charge in [-0.3, -0.25) is 14.6 Å². The maximum atomic E-state index is 13.3. The van der Waals surface area contributed by atoms with Gasteiger partial charge in [-0.05, 0) is 29.3 Å². The molecule has 0 aliphatic carbocycles. The van der Waals surface area contributed by atoms with E-state index in [2.05, 4.69) is 20.7 Å². The molecule has 37 heavy (non-hydrogen) atoms. The monoisotopic (exact) mass is 490 g/mol. The predicted molar refractivity (Wildman–Crippen MR) is 142 cm³/mol. The molecule has 0 saturated heterocycles. The van der Waals surface area contributed by atoms with Crippen molar-refractivity contribution in [3.05, 3.63) is 114 Å². The summed E-state index contributed by atoms with van der Waals surface area (Å²) < 4.78 is 1.81. The van der Waals surface area contributed by atoms with Crippen LogP contribution in [0.25, 0.3) is 22.3 Å². The van der Waals surface area contributed by atoms with E-state index in [1.54, 1.807) is 29.3 Å². The summed E-state index contributed by atoms with van der Waals surface area (Å²) >= 11 is 0. The number of hydrogen-bond donors (Lipinski definition) is 2. The average molecular weight is 491 g/mol. The van der Waals surface area contributed by atoms with E-state index in [1.807, 2.05) is 72.8 Å². The highest BCUT2D eigenvalue weighted by Gasteiger charge is 2.18. The fourth-order valence-electron chi connectivity index (χ4n) is 4.04. The number of carbonyl (C=O) groups excluding carboxylic acids is 2. The molecular weight excluding hydrogens is 464 g/mol. The van der Waals surface area contributed by atoms with E-state index in [9.17, 15) is 9.59 Å². The number of carbonyl (C=O) groups is 2. The van der Waals surface area contributed by atoms with E-state index < -0.39 is 0 Å². The number of aromatic nitrogens is 4. The summed E-state index contributed by atoms with van der Waals surface area (Å²) in [5.74, 6) is -0.414. The lowest BCUT2D eigenvalue weighted by molar-refractivity contribution is -0.121. The topological polar surface area (TPSA) is 102 Å². The average Bonchev–Trinajstić information content (AvgIpc) is 3.35. The Hall–Kier alpha value is -4.85. The van der Waals surface area contributed by atoms with E-state index in [1.165, 1.54) is 0 Å². The van der Waals surface area contributed by atoms with Crippen molar-refractivity contribution >= 4 is 22.8 Å². The number of nitrogens with one attached hydrogen (secondary N) is 2. The first-order valence-corrected chi connectivity index (χ1v) is 12.1. The van der Waals surface area contributed by atoms with Gasteiger partial charge < -0.3 is 10.6 Å². The number of hydrogen-bond acceptors (Lipinski definition) is 5. The van der Waals surface area contributed by atoms with Crippen molar-refractivity contribution in [2.24, 2.45) is 0 Å².